The van der Waals surface area contributed by atoms with Gasteiger partial charge in [-0.05, 0) is 52.6 Å². The number of hydrogen-bond donors (Lipinski definition) is 1. The lowest BCUT2D eigenvalue weighted by molar-refractivity contribution is -0.671. The van der Waals surface area contributed by atoms with E-state index in [0.717, 1.165) is 36.3 Å². The summed E-state index contributed by atoms with van der Waals surface area (Å²) >= 11 is 5.86. The number of aromatic nitrogens is 5. The summed E-state index contributed by atoms with van der Waals surface area (Å²) in [6.45, 7) is 12.0. The zero-order valence-electron chi connectivity index (χ0n) is 23.4. The Morgan fingerprint density at radius 2 is 1.80 bits per heavy atom. The second kappa shape index (κ2) is 12.2. The molecule has 1 fully saturated rings. The van der Waals surface area contributed by atoms with Crippen LogP contribution in [0.3, 0.4) is 0 Å². The number of nitrogens with one attached hydrogen (secondary N) is 1. The molecule has 0 aliphatic carbocycles. The van der Waals surface area contributed by atoms with Crippen molar-refractivity contribution in [3.05, 3.63) is 91.9 Å². The molecule has 0 spiro atoms. The zero-order chi connectivity index (χ0) is 28.2. The summed E-state index contributed by atoms with van der Waals surface area (Å²) in [4.78, 5) is 14.9. The Labute approximate surface area is 238 Å². The highest BCUT2D eigenvalue weighted by Crippen LogP contribution is 2.24. The number of ether oxygens (including phenoxy) is 1. The Bertz CT molecular complexity index is 1570. The molecule has 1 atom stereocenters. The first-order chi connectivity index (χ1) is 19.3. The molecule has 1 unspecified atom stereocenters. The van der Waals surface area contributed by atoms with Gasteiger partial charge in [0.05, 0.1) is 19.9 Å². The molecule has 0 bridgehead atoms. The Hall–Kier alpha value is -3.67. The monoisotopic (exact) mass is 562 g/mol. The standard InChI is InChI=1S/C29H35N7O3S/c1-20(2)17-23-7-9-24(10-8-23)22(4)27-31-34(19-33-13-15-38-16-14-33)29(40)36(27)30-18-26-28(37)39-32-35(26)25-11-5-21(3)6-12-25/h5-12,18,20,22H,13-17,19H2,1-4H3/p+1. The first-order valence-electron chi connectivity index (χ1n) is 13.6. The van der Waals surface area contributed by atoms with Gasteiger partial charge in [-0.15, -0.1) is 0 Å². The SMILES string of the molecule is Cc1ccc(-[n+]2[nH]oc(=O)c2/C=N/n2c(C(C)c3ccc(CC(C)C)cc3)nn(CN3CCOCC3)c2=S)cc1. The van der Waals surface area contributed by atoms with Crippen LogP contribution in [0.25, 0.3) is 5.69 Å². The van der Waals surface area contributed by atoms with E-state index in [9.17, 15) is 4.79 Å². The summed E-state index contributed by atoms with van der Waals surface area (Å²) < 4.78 is 16.1. The molecule has 4 aromatic rings. The lowest BCUT2D eigenvalue weighted by Crippen LogP contribution is -2.38. The molecule has 1 aliphatic heterocycles. The Kier molecular flexibility index (Phi) is 8.53. The molecule has 0 radical (unpaired) electrons. The van der Waals surface area contributed by atoms with Gasteiger partial charge in [0, 0.05) is 31.1 Å². The molecule has 5 rings (SSSR count). The van der Waals surface area contributed by atoms with E-state index in [2.05, 4.69) is 55.2 Å². The average molecular weight is 563 g/mol. The van der Waals surface area contributed by atoms with Gasteiger partial charge in [-0.2, -0.15) is 14.9 Å². The van der Waals surface area contributed by atoms with Gasteiger partial charge in [0.2, 0.25) is 10.5 Å². The number of aromatic amines is 1. The summed E-state index contributed by atoms with van der Waals surface area (Å²) in [5.41, 5.74) is 3.98. The van der Waals surface area contributed by atoms with E-state index in [0.29, 0.717) is 36.4 Å². The number of benzene rings is 2. The van der Waals surface area contributed by atoms with Crippen molar-refractivity contribution in [2.75, 3.05) is 26.3 Å². The first-order valence-corrected chi connectivity index (χ1v) is 14.0. The fourth-order valence-corrected chi connectivity index (χ4v) is 5.01. The van der Waals surface area contributed by atoms with Gasteiger partial charge in [0.25, 0.3) is 0 Å². The molecule has 0 amide bonds. The fraction of sp³-hybridized carbons (Fsp3) is 0.414. The smallest absolute Gasteiger partial charge is 0.379 e. The maximum absolute atomic E-state index is 12.6. The number of morpholine rings is 1. The summed E-state index contributed by atoms with van der Waals surface area (Å²) in [5.74, 6) is 1.19. The van der Waals surface area contributed by atoms with Crippen LogP contribution in [0.15, 0.2) is 62.9 Å². The predicted octanol–water partition coefficient (Wildman–Crippen LogP) is 3.80. The lowest BCUT2D eigenvalue weighted by Gasteiger charge is -2.26. The second-order valence-electron chi connectivity index (χ2n) is 10.7. The zero-order valence-corrected chi connectivity index (χ0v) is 24.2. The van der Waals surface area contributed by atoms with Crippen molar-refractivity contribution in [3.8, 4) is 5.69 Å². The number of H-pyrrole nitrogens is 1. The van der Waals surface area contributed by atoms with Gasteiger partial charge in [0.1, 0.15) is 6.21 Å². The maximum Gasteiger partial charge on any atom is 0.436 e. The normalized spacial score (nSPS) is 15.3. The van der Waals surface area contributed by atoms with E-state index in [1.165, 1.54) is 11.8 Å². The van der Waals surface area contributed by atoms with Crippen molar-refractivity contribution in [1.82, 2.24) is 24.6 Å². The van der Waals surface area contributed by atoms with E-state index < -0.39 is 5.63 Å². The minimum Gasteiger partial charge on any atom is -0.379 e. The largest absolute Gasteiger partial charge is 0.436 e. The van der Waals surface area contributed by atoms with Crippen molar-refractivity contribution < 1.29 is 13.9 Å². The molecule has 1 aliphatic rings. The maximum atomic E-state index is 12.6. The van der Waals surface area contributed by atoms with Crippen LogP contribution in [0, 0.1) is 17.6 Å². The minimum absolute atomic E-state index is 0.0928. The van der Waals surface area contributed by atoms with Gasteiger partial charge in [-0.1, -0.05) is 62.7 Å². The third-order valence-electron chi connectivity index (χ3n) is 7.06. The van der Waals surface area contributed by atoms with Crippen molar-refractivity contribution in [3.63, 3.8) is 0 Å². The van der Waals surface area contributed by atoms with Crippen molar-refractivity contribution in [2.24, 2.45) is 11.0 Å². The Balaban J connectivity index is 1.52. The molecule has 2 aromatic carbocycles. The third kappa shape index (κ3) is 6.22. The van der Waals surface area contributed by atoms with Gasteiger partial charge in [-0.3, -0.25) is 9.42 Å². The van der Waals surface area contributed by atoms with Gasteiger partial charge in [0.15, 0.2) is 5.82 Å². The second-order valence-corrected chi connectivity index (χ2v) is 11.0. The van der Waals surface area contributed by atoms with E-state index in [1.54, 1.807) is 14.0 Å². The van der Waals surface area contributed by atoms with Crippen molar-refractivity contribution in [2.45, 2.75) is 46.7 Å². The molecule has 210 valence electrons. The Morgan fingerprint density at radius 1 is 1.10 bits per heavy atom. The van der Waals surface area contributed by atoms with Crippen molar-refractivity contribution >= 4 is 18.4 Å². The molecule has 2 aromatic heterocycles. The lowest BCUT2D eigenvalue weighted by atomic mass is 9.96. The highest BCUT2D eigenvalue weighted by atomic mass is 32.1. The van der Waals surface area contributed by atoms with E-state index in [4.69, 9.17) is 31.7 Å². The highest BCUT2D eigenvalue weighted by molar-refractivity contribution is 7.71. The van der Waals surface area contributed by atoms with E-state index >= 15 is 0 Å². The van der Waals surface area contributed by atoms with Crippen LogP contribution in [0.5, 0.6) is 0 Å². The van der Waals surface area contributed by atoms with Crippen LogP contribution in [0.4, 0.5) is 0 Å². The molecule has 10 nitrogen and oxygen atoms in total. The summed E-state index contributed by atoms with van der Waals surface area (Å²) in [6, 6.07) is 16.4. The first kappa shape index (κ1) is 27.9. The van der Waals surface area contributed by atoms with Crippen LogP contribution >= 0.6 is 12.2 Å². The van der Waals surface area contributed by atoms with Crippen LogP contribution < -0.4 is 10.3 Å². The van der Waals surface area contributed by atoms with E-state index in [-0.39, 0.29) is 11.6 Å². The summed E-state index contributed by atoms with van der Waals surface area (Å²) in [6.07, 6.45) is 2.50. The molecule has 0 saturated carbocycles. The van der Waals surface area contributed by atoms with Crippen LogP contribution in [0.1, 0.15) is 54.9 Å². The van der Waals surface area contributed by atoms with Gasteiger partial charge in [-0.25, -0.2) is 9.48 Å². The number of aryl methyl sites for hydroxylation is 1. The quantitative estimate of drug-likeness (QED) is 0.189. The van der Waals surface area contributed by atoms with Crippen molar-refractivity contribution in [1.29, 1.82) is 0 Å². The molecule has 1 saturated heterocycles. The fourth-order valence-electron chi connectivity index (χ4n) is 4.77. The predicted molar refractivity (Wildman–Crippen MR) is 155 cm³/mol. The summed E-state index contributed by atoms with van der Waals surface area (Å²) in [7, 11) is 0. The molecular formula is C29H36N7O3S+. The molecule has 3 heterocycles. The number of rotatable bonds is 9. The molecule has 40 heavy (non-hydrogen) atoms. The van der Waals surface area contributed by atoms with Crippen LogP contribution in [-0.2, 0) is 17.8 Å². The van der Waals surface area contributed by atoms with E-state index in [1.807, 2.05) is 31.2 Å². The van der Waals surface area contributed by atoms with Gasteiger partial charge < -0.3 is 4.74 Å². The Morgan fingerprint density at radius 3 is 2.48 bits per heavy atom. The number of hydrogen-bond acceptors (Lipinski definition) is 7. The number of nitrogens with zero attached hydrogens (tertiary/aromatic N) is 6. The third-order valence-corrected chi connectivity index (χ3v) is 7.44. The van der Waals surface area contributed by atoms with Gasteiger partial charge >= 0.3 is 11.3 Å². The minimum atomic E-state index is -0.535. The summed E-state index contributed by atoms with van der Waals surface area (Å²) in [5, 5.41) is 12.3. The molecular weight excluding hydrogens is 526 g/mol. The topological polar surface area (TPSA) is 97.5 Å². The van der Waals surface area contributed by atoms with Crippen LogP contribution in [-0.4, -0.2) is 57.1 Å². The average Bonchev–Trinajstić information content (AvgIpc) is 3.47. The molecule has 1 N–H and O–H groups in total. The molecule has 11 heteroatoms. The van der Waals surface area contributed by atoms with Crippen LogP contribution in [0.2, 0.25) is 0 Å². The highest BCUT2D eigenvalue weighted by Gasteiger charge is 2.24.